The van der Waals surface area contributed by atoms with E-state index in [9.17, 15) is 4.39 Å². The Bertz CT molecular complexity index is 585. The molecule has 3 rings (SSSR count). The third-order valence-electron chi connectivity index (χ3n) is 3.22. The second-order valence-corrected chi connectivity index (χ2v) is 5.39. The molecule has 1 aliphatic carbocycles. The molecule has 0 amide bonds. The molecule has 1 N–H and O–H groups in total. The Balaban J connectivity index is 1.87. The number of nitrogens with one attached hydrogen (secondary N) is 1. The third kappa shape index (κ3) is 2.96. The van der Waals surface area contributed by atoms with Crippen LogP contribution in [0.25, 0.3) is 5.69 Å². The zero-order valence-electron chi connectivity index (χ0n) is 10.7. The number of rotatable bonds is 4. The summed E-state index contributed by atoms with van der Waals surface area (Å²) in [6, 6.07) is 5.55. The van der Waals surface area contributed by atoms with Crippen LogP contribution >= 0.6 is 11.6 Å². The minimum atomic E-state index is -0.255. The Labute approximate surface area is 116 Å². The highest BCUT2D eigenvalue weighted by molar-refractivity contribution is 6.31. The summed E-state index contributed by atoms with van der Waals surface area (Å²) in [6.07, 6.45) is 4.13. The number of aryl methyl sites for hydroxylation is 1. The van der Waals surface area contributed by atoms with Crippen LogP contribution in [0.4, 0.5) is 4.39 Å². The molecule has 0 saturated heterocycles. The molecule has 1 heterocycles. The van der Waals surface area contributed by atoms with Gasteiger partial charge in [-0.25, -0.2) is 9.07 Å². The number of aromatic nitrogens is 2. The molecule has 1 aliphatic rings. The lowest BCUT2D eigenvalue weighted by Crippen LogP contribution is -2.15. The molecule has 1 fully saturated rings. The molecule has 3 nitrogen and oxygen atoms in total. The van der Waals surface area contributed by atoms with Crippen molar-refractivity contribution in [2.24, 2.45) is 0 Å². The van der Waals surface area contributed by atoms with Gasteiger partial charge in [0.05, 0.1) is 16.4 Å². The fourth-order valence-electron chi connectivity index (χ4n) is 1.99. The average Bonchev–Trinajstić information content (AvgIpc) is 3.13. The number of halogens is 2. The van der Waals surface area contributed by atoms with Crippen molar-refractivity contribution in [1.82, 2.24) is 15.1 Å². The van der Waals surface area contributed by atoms with Gasteiger partial charge in [-0.1, -0.05) is 11.6 Å². The first-order valence-corrected chi connectivity index (χ1v) is 6.74. The fraction of sp³-hybridized carbons (Fsp3) is 0.357. The molecule has 100 valence electrons. The predicted molar refractivity (Wildman–Crippen MR) is 73.1 cm³/mol. The van der Waals surface area contributed by atoms with Crippen LogP contribution in [0.1, 0.15) is 24.1 Å². The largest absolute Gasteiger partial charge is 0.310 e. The Kier molecular flexibility index (Phi) is 3.29. The van der Waals surface area contributed by atoms with Crippen LogP contribution in [0.2, 0.25) is 5.02 Å². The van der Waals surface area contributed by atoms with Gasteiger partial charge in [0, 0.05) is 18.8 Å². The van der Waals surface area contributed by atoms with Crippen LogP contribution < -0.4 is 5.32 Å². The Morgan fingerprint density at radius 3 is 2.84 bits per heavy atom. The minimum absolute atomic E-state index is 0.255. The molecule has 0 radical (unpaired) electrons. The molecule has 0 spiro atoms. The second kappa shape index (κ2) is 4.94. The Morgan fingerprint density at radius 2 is 2.21 bits per heavy atom. The third-order valence-corrected chi connectivity index (χ3v) is 3.59. The van der Waals surface area contributed by atoms with Crippen LogP contribution in [-0.4, -0.2) is 15.8 Å². The maximum atomic E-state index is 13.7. The highest BCUT2D eigenvalue weighted by Gasteiger charge is 2.20. The lowest BCUT2D eigenvalue weighted by Gasteiger charge is -2.07. The number of benzene rings is 1. The molecule has 1 aromatic carbocycles. The monoisotopic (exact) mass is 279 g/mol. The van der Waals surface area contributed by atoms with E-state index in [-0.39, 0.29) is 5.82 Å². The minimum Gasteiger partial charge on any atom is -0.310 e. The van der Waals surface area contributed by atoms with Crippen LogP contribution in [0, 0.1) is 12.7 Å². The van der Waals surface area contributed by atoms with Gasteiger partial charge in [-0.15, -0.1) is 0 Å². The molecule has 0 bridgehead atoms. The summed E-state index contributed by atoms with van der Waals surface area (Å²) in [4.78, 5) is 0. The molecule has 1 aromatic heterocycles. The summed E-state index contributed by atoms with van der Waals surface area (Å²) in [5, 5.41) is 8.23. The molecule has 0 atom stereocenters. The van der Waals surface area contributed by atoms with Crippen LogP contribution in [-0.2, 0) is 6.54 Å². The van der Waals surface area contributed by atoms with E-state index >= 15 is 0 Å². The van der Waals surface area contributed by atoms with Crippen molar-refractivity contribution in [3.63, 3.8) is 0 Å². The summed E-state index contributed by atoms with van der Waals surface area (Å²) >= 11 is 5.98. The first-order chi connectivity index (χ1) is 9.11. The molecule has 1 saturated carbocycles. The van der Waals surface area contributed by atoms with Gasteiger partial charge in [-0.2, -0.15) is 5.10 Å². The van der Waals surface area contributed by atoms with Gasteiger partial charge in [-0.3, -0.25) is 0 Å². The van der Waals surface area contributed by atoms with E-state index in [0.29, 0.717) is 23.3 Å². The molecule has 19 heavy (non-hydrogen) atoms. The van der Waals surface area contributed by atoms with Crippen molar-refractivity contribution in [1.29, 1.82) is 0 Å². The zero-order chi connectivity index (χ0) is 13.4. The van der Waals surface area contributed by atoms with Gasteiger partial charge in [0.15, 0.2) is 0 Å². The second-order valence-electron chi connectivity index (χ2n) is 4.98. The van der Waals surface area contributed by atoms with Gasteiger partial charge < -0.3 is 5.32 Å². The van der Waals surface area contributed by atoms with Crippen molar-refractivity contribution >= 4 is 11.6 Å². The van der Waals surface area contributed by atoms with E-state index in [0.717, 1.165) is 11.3 Å². The molecular formula is C14H15ClFN3. The maximum Gasteiger partial charge on any atom is 0.125 e. The van der Waals surface area contributed by atoms with E-state index in [1.54, 1.807) is 16.9 Å². The Morgan fingerprint density at radius 1 is 1.42 bits per heavy atom. The lowest BCUT2D eigenvalue weighted by molar-refractivity contribution is 0.616. The zero-order valence-corrected chi connectivity index (χ0v) is 11.4. The number of nitrogens with zero attached hydrogens (tertiary/aromatic N) is 2. The highest BCUT2D eigenvalue weighted by atomic mass is 35.5. The van der Waals surface area contributed by atoms with Gasteiger partial charge in [0.2, 0.25) is 0 Å². The standard InChI is InChI=1S/C14H15ClFN3/c1-9-14(15)8-19(18-9)13-5-10(4-11(16)6-13)7-17-12-2-3-12/h4-6,8,12,17H,2-3,7H2,1H3. The topological polar surface area (TPSA) is 29.9 Å². The highest BCUT2D eigenvalue weighted by Crippen LogP contribution is 2.21. The fourth-order valence-corrected chi connectivity index (χ4v) is 2.12. The summed E-state index contributed by atoms with van der Waals surface area (Å²) in [5.41, 5.74) is 2.36. The van der Waals surface area contributed by atoms with Crippen LogP contribution in [0.5, 0.6) is 0 Å². The van der Waals surface area contributed by atoms with Crippen molar-refractivity contribution in [3.8, 4) is 5.69 Å². The van der Waals surface area contributed by atoms with E-state index in [2.05, 4.69) is 10.4 Å². The maximum absolute atomic E-state index is 13.7. The summed E-state index contributed by atoms with van der Waals surface area (Å²) in [7, 11) is 0. The van der Waals surface area contributed by atoms with E-state index in [1.807, 2.05) is 13.0 Å². The summed E-state index contributed by atoms with van der Waals surface area (Å²) in [5.74, 6) is -0.255. The van der Waals surface area contributed by atoms with Gasteiger partial charge >= 0.3 is 0 Å². The quantitative estimate of drug-likeness (QED) is 0.931. The van der Waals surface area contributed by atoms with Gasteiger partial charge in [0.25, 0.3) is 0 Å². The van der Waals surface area contributed by atoms with Crippen molar-refractivity contribution in [2.75, 3.05) is 0 Å². The average molecular weight is 280 g/mol. The number of hydrogen-bond acceptors (Lipinski definition) is 2. The normalized spacial score (nSPS) is 14.9. The van der Waals surface area contributed by atoms with E-state index in [1.165, 1.54) is 18.9 Å². The summed E-state index contributed by atoms with van der Waals surface area (Å²) in [6.45, 7) is 2.51. The molecule has 5 heteroatoms. The number of hydrogen-bond donors (Lipinski definition) is 1. The van der Waals surface area contributed by atoms with Gasteiger partial charge in [-0.05, 0) is 43.5 Å². The van der Waals surface area contributed by atoms with Crippen molar-refractivity contribution < 1.29 is 4.39 Å². The van der Waals surface area contributed by atoms with E-state index < -0.39 is 0 Å². The van der Waals surface area contributed by atoms with Crippen molar-refractivity contribution in [3.05, 3.63) is 46.5 Å². The Hall–Kier alpha value is -1.39. The molecule has 2 aromatic rings. The van der Waals surface area contributed by atoms with Crippen LogP contribution in [0.15, 0.2) is 24.4 Å². The first-order valence-electron chi connectivity index (χ1n) is 6.37. The smallest absolute Gasteiger partial charge is 0.125 e. The summed E-state index contributed by atoms with van der Waals surface area (Å²) < 4.78 is 15.3. The van der Waals surface area contributed by atoms with Crippen molar-refractivity contribution in [2.45, 2.75) is 32.4 Å². The van der Waals surface area contributed by atoms with Crippen LogP contribution in [0.3, 0.4) is 0 Å². The first kappa shape index (κ1) is 12.6. The molecular weight excluding hydrogens is 265 g/mol. The lowest BCUT2D eigenvalue weighted by atomic mass is 10.2. The predicted octanol–water partition coefficient (Wildman–Crippen LogP) is 3.23. The molecule has 0 aliphatic heterocycles. The SMILES string of the molecule is Cc1nn(-c2cc(F)cc(CNC3CC3)c2)cc1Cl. The molecule has 0 unspecified atom stereocenters. The van der Waals surface area contributed by atoms with E-state index in [4.69, 9.17) is 11.6 Å². The van der Waals surface area contributed by atoms with Gasteiger partial charge in [0.1, 0.15) is 5.82 Å².